The molecule has 4 nitrogen and oxygen atoms in total. The van der Waals surface area contributed by atoms with Gasteiger partial charge in [-0.05, 0) is 61.6 Å². The Morgan fingerprint density at radius 2 is 2.04 bits per heavy atom. The molecule has 1 unspecified atom stereocenters. The molecule has 118 valence electrons. The van der Waals surface area contributed by atoms with E-state index < -0.39 is 5.97 Å². The Morgan fingerprint density at radius 1 is 1.22 bits per heavy atom. The maximum absolute atomic E-state index is 12.1. The molecule has 0 radical (unpaired) electrons. The minimum absolute atomic E-state index is 0.244. The van der Waals surface area contributed by atoms with Crippen LogP contribution in [0.2, 0.25) is 0 Å². The highest BCUT2D eigenvalue weighted by atomic mass is 16.7. The number of rotatable bonds is 2. The van der Waals surface area contributed by atoms with E-state index in [-0.39, 0.29) is 5.75 Å². The Hall–Kier alpha value is -2.62. The average molecular weight is 309 g/mol. The van der Waals surface area contributed by atoms with Gasteiger partial charge in [-0.15, -0.1) is 0 Å². The fourth-order valence-electron chi connectivity index (χ4n) is 2.93. The number of phenolic OH excluding ortho intramolecular Hbond substituents is 1. The van der Waals surface area contributed by atoms with Crippen molar-refractivity contribution < 1.29 is 14.7 Å². The number of hydrogen-bond donors (Lipinski definition) is 1. The number of oxime groups is 1. The first-order valence-corrected chi connectivity index (χ1v) is 7.70. The second kappa shape index (κ2) is 6.24. The van der Waals surface area contributed by atoms with E-state index >= 15 is 0 Å². The third kappa shape index (κ3) is 3.42. The molecule has 4 heteroatoms. The molecule has 2 aromatic carbocycles. The molecule has 0 aliphatic heterocycles. The monoisotopic (exact) mass is 309 g/mol. The normalized spacial score (nSPS) is 18.5. The largest absolute Gasteiger partial charge is 0.508 e. The first-order valence-electron chi connectivity index (χ1n) is 7.70. The van der Waals surface area contributed by atoms with E-state index in [2.05, 4.69) is 12.1 Å². The van der Waals surface area contributed by atoms with Gasteiger partial charge >= 0.3 is 5.97 Å². The van der Waals surface area contributed by atoms with Gasteiger partial charge in [0, 0.05) is 5.56 Å². The minimum atomic E-state index is -0.459. The molecular weight excluding hydrogens is 290 g/mol. The fraction of sp³-hybridized carbons (Fsp3) is 0.263. The average Bonchev–Trinajstić information content (AvgIpc) is 2.51. The van der Waals surface area contributed by atoms with Crippen LogP contribution in [0.15, 0.2) is 47.6 Å². The predicted octanol–water partition coefficient (Wildman–Crippen LogP) is 3.84. The maximum Gasteiger partial charge on any atom is 0.365 e. The number of aromatic hydroxyl groups is 1. The van der Waals surface area contributed by atoms with Crippen LogP contribution >= 0.6 is 0 Å². The molecule has 0 spiro atoms. The van der Waals surface area contributed by atoms with Gasteiger partial charge in [0.25, 0.3) is 0 Å². The van der Waals surface area contributed by atoms with Crippen molar-refractivity contribution in [2.75, 3.05) is 0 Å². The molecule has 2 aromatic rings. The van der Waals surface area contributed by atoms with E-state index in [1.165, 1.54) is 0 Å². The Bertz CT molecular complexity index is 780. The molecule has 1 aliphatic carbocycles. The van der Waals surface area contributed by atoms with E-state index in [0.29, 0.717) is 11.5 Å². The van der Waals surface area contributed by atoms with Crippen molar-refractivity contribution in [1.82, 2.24) is 0 Å². The highest BCUT2D eigenvalue weighted by molar-refractivity contribution is 6.03. The highest BCUT2D eigenvalue weighted by Gasteiger charge is 2.22. The van der Waals surface area contributed by atoms with E-state index in [9.17, 15) is 9.90 Å². The van der Waals surface area contributed by atoms with Crippen LogP contribution in [-0.2, 0) is 11.3 Å². The summed E-state index contributed by atoms with van der Waals surface area (Å²) in [5.41, 5.74) is 4.22. The number of phenols is 1. The Balaban J connectivity index is 1.84. The van der Waals surface area contributed by atoms with Gasteiger partial charge in [0.05, 0.1) is 11.3 Å². The summed E-state index contributed by atoms with van der Waals surface area (Å²) in [6.45, 7) is 4.04. The summed E-state index contributed by atoms with van der Waals surface area (Å²) < 4.78 is 0. The fourth-order valence-corrected chi connectivity index (χ4v) is 2.93. The number of nitrogens with zero attached hydrogens (tertiary/aromatic N) is 1. The topological polar surface area (TPSA) is 58.9 Å². The van der Waals surface area contributed by atoms with Crippen molar-refractivity contribution in [2.24, 2.45) is 11.1 Å². The second-order valence-corrected chi connectivity index (χ2v) is 6.14. The summed E-state index contributed by atoms with van der Waals surface area (Å²) in [7, 11) is 0. The van der Waals surface area contributed by atoms with Crippen LogP contribution in [0, 0.1) is 12.8 Å². The van der Waals surface area contributed by atoms with Crippen LogP contribution in [0.4, 0.5) is 0 Å². The second-order valence-electron chi connectivity index (χ2n) is 6.14. The summed E-state index contributed by atoms with van der Waals surface area (Å²) in [5, 5.41) is 13.7. The van der Waals surface area contributed by atoms with Gasteiger partial charge in [-0.1, -0.05) is 29.8 Å². The molecule has 0 saturated heterocycles. The number of aryl methyl sites for hydroxylation is 1. The molecule has 1 atom stereocenters. The lowest BCUT2D eigenvalue weighted by atomic mass is 9.83. The van der Waals surface area contributed by atoms with Gasteiger partial charge < -0.3 is 9.94 Å². The SMILES string of the molecule is Cc1cccc(C(=O)O/N=C2\CC(C)Cc3cc(O)ccc32)c1. The summed E-state index contributed by atoms with van der Waals surface area (Å²) in [6, 6.07) is 12.4. The highest BCUT2D eigenvalue weighted by Crippen LogP contribution is 2.28. The number of benzene rings is 2. The Kier molecular flexibility index (Phi) is 4.15. The van der Waals surface area contributed by atoms with Crippen molar-refractivity contribution in [3.05, 3.63) is 64.7 Å². The van der Waals surface area contributed by atoms with Crippen molar-refractivity contribution in [3.63, 3.8) is 0 Å². The van der Waals surface area contributed by atoms with Crippen molar-refractivity contribution in [3.8, 4) is 5.75 Å². The summed E-state index contributed by atoms with van der Waals surface area (Å²) >= 11 is 0. The third-order valence-electron chi connectivity index (χ3n) is 4.00. The number of carbonyl (C=O) groups excluding carboxylic acids is 1. The summed E-state index contributed by atoms with van der Waals surface area (Å²) in [5.74, 6) is 0.175. The zero-order chi connectivity index (χ0) is 16.4. The molecule has 0 aromatic heterocycles. The maximum atomic E-state index is 12.1. The van der Waals surface area contributed by atoms with Gasteiger partial charge in [-0.2, -0.15) is 0 Å². The van der Waals surface area contributed by atoms with E-state index in [1.807, 2.05) is 25.1 Å². The smallest absolute Gasteiger partial charge is 0.365 e. The first-order chi connectivity index (χ1) is 11.0. The number of fused-ring (bicyclic) bond motifs is 1. The van der Waals surface area contributed by atoms with Gasteiger partial charge in [0.2, 0.25) is 0 Å². The van der Waals surface area contributed by atoms with Crippen molar-refractivity contribution >= 4 is 11.7 Å². The molecule has 0 heterocycles. The van der Waals surface area contributed by atoms with Gasteiger partial charge in [-0.25, -0.2) is 4.79 Å². The van der Waals surface area contributed by atoms with E-state index in [1.54, 1.807) is 24.3 Å². The van der Waals surface area contributed by atoms with Gasteiger partial charge in [-0.3, -0.25) is 0 Å². The lowest BCUT2D eigenvalue weighted by molar-refractivity contribution is 0.0515. The van der Waals surface area contributed by atoms with Crippen LogP contribution in [0.1, 0.15) is 40.4 Å². The molecule has 0 amide bonds. The first kappa shape index (κ1) is 15.3. The Labute approximate surface area is 135 Å². The zero-order valence-corrected chi connectivity index (χ0v) is 13.2. The molecule has 23 heavy (non-hydrogen) atoms. The summed E-state index contributed by atoms with van der Waals surface area (Å²) in [6.07, 6.45) is 1.63. The standard InChI is InChI=1S/C19H19NO3/c1-12-4-3-5-14(8-12)19(22)23-20-18-10-13(2)9-15-11-16(21)6-7-17(15)18/h3-8,11,13,21H,9-10H2,1-2H3/b20-18+. The van der Waals surface area contributed by atoms with Crippen LogP contribution in [0.25, 0.3) is 0 Å². The van der Waals surface area contributed by atoms with E-state index in [0.717, 1.165) is 35.2 Å². The van der Waals surface area contributed by atoms with Gasteiger partial charge in [0.15, 0.2) is 0 Å². The lowest BCUT2D eigenvalue weighted by Gasteiger charge is -2.22. The zero-order valence-electron chi connectivity index (χ0n) is 13.2. The van der Waals surface area contributed by atoms with Crippen LogP contribution < -0.4 is 0 Å². The summed E-state index contributed by atoms with van der Waals surface area (Å²) in [4.78, 5) is 17.3. The molecule has 0 saturated carbocycles. The molecule has 0 bridgehead atoms. The number of carbonyl (C=O) groups is 1. The quantitative estimate of drug-likeness (QED) is 0.677. The lowest BCUT2D eigenvalue weighted by Crippen LogP contribution is -2.19. The van der Waals surface area contributed by atoms with Crippen molar-refractivity contribution in [1.29, 1.82) is 0 Å². The molecule has 1 N–H and O–H groups in total. The van der Waals surface area contributed by atoms with Crippen LogP contribution in [-0.4, -0.2) is 16.8 Å². The number of hydrogen-bond acceptors (Lipinski definition) is 4. The molecule has 3 rings (SSSR count). The van der Waals surface area contributed by atoms with Crippen LogP contribution in [0.3, 0.4) is 0 Å². The van der Waals surface area contributed by atoms with Gasteiger partial charge in [0.1, 0.15) is 5.75 Å². The predicted molar refractivity (Wildman–Crippen MR) is 88.7 cm³/mol. The van der Waals surface area contributed by atoms with Crippen LogP contribution in [0.5, 0.6) is 5.75 Å². The molecule has 1 aliphatic rings. The third-order valence-corrected chi connectivity index (χ3v) is 4.00. The van der Waals surface area contributed by atoms with E-state index in [4.69, 9.17) is 4.84 Å². The molecule has 0 fully saturated rings. The van der Waals surface area contributed by atoms with Crippen molar-refractivity contribution in [2.45, 2.75) is 26.7 Å². The Morgan fingerprint density at radius 3 is 2.83 bits per heavy atom. The molecular formula is C19H19NO3. The minimum Gasteiger partial charge on any atom is -0.508 e.